The molecule has 0 unspecified atom stereocenters. The second kappa shape index (κ2) is 5.04. The summed E-state index contributed by atoms with van der Waals surface area (Å²) >= 11 is 0. The van der Waals surface area contributed by atoms with Crippen molar-refractivity contribution in [1.29, 1.82) is 0 Å². The minimum absolute atomic E-state index is 0.0883. The molecule has 0 saturated heterocycles. The van der Waals surface area contributed by atoms with Crippen molar-refractivity contribution in [2.75, 3.05) is 0 Å². The summed E-state index contributed by atoms with van der Waals surface area (Å²) in [7, 11) is 0. The van der Waals surface area contributed by atoms with Crippen LogP contribution in [0, 0.1) is 6.92 Å². The van der Waals surface area contributed by atoms with Crippen LogP contribution in [0.2, 0.25) is 0 Å². The molecule has 0 aliphatic heterocycles. The molecule has 0 fully saturated rings. The van der Waals surface area contributed by atoms with Crippen LogP contribution < -0.4 is 0 Å². The molecule has 0 amide bonds. The maximum Gasteiger partial charge on any atom is 0.325 e. The predicted octanol–water partition coefficient (Wildman–Crippen LogP) is 2.51. The number of benzene rings is 1. The van der Waals surface area contributed by atoms with Crippen LogP contribution >= 0.6 is 0 Å². The quantitative estimate of drug-likeness (QED) is 0.899. The first-order chi connectivity index (χ1) is 8.60. The smallest absolute Gasteiger partial charge is 0.325 e. The summed E-state index contributed by atoms with van der Waals surface area (Å²) in [6.07, 6.45) is 0.770. The number of carboxylic acid groups (broad SMARTS) is 1. The van der Waals surface area contributed by atoms with Gasteiger partial charge in [0.15, 0.2) is 0 Å². The Morgan fingerprint density at radius 2 is 2.00 bits per heavy atom. The van der Waals surface area contributed by atoms with Crippen molar-refractivity contribution in [2.45, 2.75) is 26.8 Å². The highest BCUT2D eigenvalue weighted by Gasteiger charge is 2.10. The molecule has 1 N–H and O–H groups in total. The zero-order valence-electron chi connectivity index (χ0n) is 10.6. The molecule has 2 rings (SSSR count). The van der Waals surface area contributed by atoms with Crippen LogP contribution in [-0.4, -0.2) is 20.9 Å². The second-order valence-corrected chi connectivity index (χ2v) is 4.29. The van der Waals surface area contributed by atoms with Gasteiger partial charge in [-0.15, -0.1) is 0 Å². The van der Waals surface area contributed by atoms with Crippen molar-refractivity contribution in [3.8, 4) is 11.3 Å². The van der Waals surface area contributed by atoms with E-state index in [1.165, 1.54) is 5.56 Å². The van der Waals surface area contributed by atoms with E-state index >= 15 is 0 Å². The predicted molar refractivity (Wildman–Crippen MR) is 69.4 cm³/mol. The Hall–Kier alpha value is -2.10. The molecular weight excluding hydrogens is 228 g/mol. The SMILES string of the molecule is CCc1cc(-c2ccc(C)cc2)nn1CC(=O)O. The molecule has 0 spiro atoms. The monoisotopic (exact) mass is 244 g/mol. The van der Waals surface area contributed by atoms with Gasteiger partial charge in [0, 0.05) is 11.3 Å². The van der Waals surface area contributed by atoms with Gasteiger partial charge in [-0.25, -0.2) is 0 Å². The van der Waals surface area contributed by atoms with E-state index in [4.69, 9.17) is 5.11 Å². The molecule has 1 aromatic carbocycles. The zero-order valence-corrected chi connectivity index (χ0v) is 10.6. The summed E-state index contributed by atoms with van der Waals surface area (Å²) in [6.45, 7) is 3.94. The van der Waals surface area contributed by atoms with E-state index in [0.717, 1.165) is 23.4 Å². The first-order valence-corrected chi connectivity index (χ1v) is 5.95. The Labute approximate surface area is 106 Å². The van der Waals surface area contributed by atoms with Gasteiger partial charge in [-0.1, -0.05) is 36.8 Å². The van der Waals surface area contributed by atoms with Crippen molar-refractivity contribution in [2.24, 2.45) is 0 Å². The fourth-order valence-electron chi connectivity index (χ4n) is 1.87. The number of aryl methyl sites for hydroxylation is 2. The number of hydrogen-bond acceptors (Lipinski definition) is 2. The summed E-state index contributed by atoms with van der Waals surface area (Å²) in [5.41, 5.74) is 3.97. The normalized spacial score (nSPS) is 10.6. The second-order valence-electron chi connectivity index (χ2n) is 4.29. The number of hydrogen-bond donors (Lipinski definition) is 1. The van der Waals surface area contributed by atoms with Gasteiger partial charge < -0.3 is 5.11 Å². The lowest BCUT2D eigenvalue weighted by atomic mass is 10.1. The Kier molecular flexibility index (Phi) is 3.46. The third kappa shape index (κ3) is 2.59. The van der Waals surface area contributed by atoms with Crippen LogP contribution in [0.5, 0.6) is 0 Å². The molecule has 0 atom stereocenters. The highest BCUT2D eigenvalue weighted by atomic mass is 16.4. The van der Waals surface area contributed by atoms with Gasteiger partial charge in [-0.3, -0.25) is 9.48 Å². The minimum atomic E-state index is -0.872. The molecule has 0 radical (unpaired) electrons. The lowest BCUT2D eigenvalue weighted by molar-refractivity contribution is -0.137. The number of aliphatic carboxylic acids is 1. The highest BCUT2D eigenvalue weighted by Crippen LogP contribution is 2.20. The summed E-state index contributed by atoms with van der Waals surface area (Å²) in [5, 5.41) is 13.2. The van der Waals surface area contributed by atoms with Crippen molar-refractivity contribution in [3.63, 3.8) is 0 Å². The maximum atomic E-state index is 10.8. The Morgan fingerprint density at radius 1 is 1.33 bits per heavy atom. The Balaban J connectivity index is 2.37. The molecule has 2 aromatic rings. The first kappa shape index (κ1) is 12.4. The Morgan fingerprint density at radius 3 is 2.56 bits per heavy atom. The zero-order chi connectivity index (χ0) is 13.1. The number of aromatic nitrogens is 2. The molecule has 18 heavy (non-hydrogen) atoms. The van der Waals surface area contributed by atoms with E-state index in [1.54, 1.807) is 4.68 Å². The van der Waals surface area contributed by atoms with Crippen LogP contribution in [0.15, 0.2) is 30.3 Å². The molecule has 1 aromatic heterocycles. The first-order valence-electron chi connectivity index (χ1n) is 5.95. The molecule has 94 valence electrons. The average molecular weight is 244 g/mol. The fourth-order valence-corrected chi connectivity index (χ4v) is 1.87. The van der Waals surface area contributed by atoms with Gasteiger partial charge in [0.1, 0.15) is 6.54 Å². The van der Waals surface area contributed by atoms with Gasteiger partial charge in [-0.05, 0) is 19.4 Å². The summed E-state index contributed by atoms with van der Waals surface area (Å²) < 4.78 is 1.55. The molecule has 0 bridgehead atoms. The minimum Gasteiger partial charge on any atom is -0.480 e. The number of carboxylic acids is 1. The van der Waals surface area contributed by atoms with Crippen LogP contribution in [0.1, 0.15) is 18.2 Å². The van der Waals surface area contributed by atoms with E-state index < -0.39 is 5.97 Å². The molecule has 4 nitrogen and oxygen atoms in total. The molecule has 4 heteroatoms. The summed E-state index contributed by atoms with van der Waals surface area (Å²) in [6, 6.07) is 10.0. The van der Waals surface area contributed by atoms with Crippen LogP contribution in [0.3, 0.4) is 0 Å². The number of carbonyl (C=O) groups is 1. The van der Waals surface area contributed by atoms with E-state index in [9.17, 15) is 4.79 Å². The summed E-state index contributed by atoms with van der Waals surface area (Å²) in [4.78, 5) is 10.8. The maximum absolute atomic E-state index is 10.8. The van der Waals surface area contributed by atoms with Gasteiger partial charge in [0.2, 0.25) is 0 Å². The third-order valence-corrected chi connectivity index (χ3v) is 2.86. The Bertz CT molecular complexity index is 556. The fraction of sp³-hybridized carbons (Fsp3) is 0.286. The molecule has 0 saturated carbocycles. The van der Waals surface area contributed by atoms with E-state index in [0.29, 0.717) is 0 Å². The standard InChI is InChI=1S/C14H16N2O2/c1-3-12-8-13(15-16(12)9-14(17)18)11-6-4-10(2)5-7-11/h4-8H,3,9H2,1-2H3,(H,17,18). The molecule has 0 aliphatic carbocycles. The van der Waals surface area contributed by atoms with Crippen LogP contribution in [0.25, 0.3) is 11.3 Å². The van der Waals surface area contributed by atoms with E-state index in [1.807, 2.05) is 44.2 Å². The van der Waals surface area contributed by atoms with E-state index in [-0.39, 0.29) is 6.54 Å². The van der Waals surface area contributed by atoms with Crippen molar-refractivity contribution >= 4 is 5.97 Å². The number of rotatable bonds is 4. The van der Waals surface area contributed by atoms with E-state index in [2.05, 4.69) is 5.10 Å². The largest absolute Gasteiger partial charge is 0.480 e. The van der Waals surface area contributed by atoms with Crippen LogP contribution in [0.4, 0.5) is 0 Å². The summed E-state index contributed by atoms with van der Waals surface area (Å²) in [5.74, 6) is -0.872. The van der Waals surface area contributed by atoms with Crippen molar-refractivity contribution in [1.82, 2.24) is 9.78 Å². The topological polar surface area (TPSA) is 55.1 Å². The van der Waals surface area contributed by atoms with Crippen LogP contribution in [-0.2, 0) is 17.8 Å². The van der Waals surface area contributed by atoms with Crippen molar-refractivity contribution in [3.05, 3.63) is 41.6 Å². The van der Waals surface area contributed by atoms with Gasteiger partial charge in [-0.2, -0.15) is 5.10 Å². The van der Waals surface area contributed by atoms with Gasteiger partial charge >= 0.3 is 5.97 Å². The molecule has 1 heterocycles. The average Bonchev–Trinajstić information content (AvgIpc) is 2.72. The lowest BCUT2D eigenvalue weighted by Crippen LogP contribution is -2.12. The van der Waals surface area contributed by atoms with Crippen molar-refractivity contribution < 1.29 is 9.90 Å². The lowest BCUT2D eigenvalue weighted by Gasteiger charge is -2.00. The number of nitrogens with zero attached hydrogens (tertiary/aromatic N) is 2. The molecular formula is C14H16N2O2. The highest BCUT2D eigenvalue weighted by molar-refractivity contribution is 5.67. The van der Waals surface area contributed by atoms with Gasteiger partial charge in [0.25, 0.3) is 0 Å². The van der Waals surface area contributed by atoms with Gasteiger partial charge in [0.05, 0.1) is 5.69 Å². The molecule has 0 aliphatic rings. The third-order valence-electron chi connectivity index (χ3n) is 2.86.